The highest BCUT2D eigenvalue weighted by molar-refractivity contribution is 6.31. The predicted octanol–water partition coefficient (Wildman–Crippen LogP) is 5.11. The average molecular weight is 394 g/mol. The van der Waals surface area contributed by atoms with Crippen LogP contribution in [0.15, 0.2) is 60.8 Å². The van der Waals surface area contributed by atoms with Crippen molar-refractivity contribution in [3.8, 4) is 0 Å². The van der Waals surface area contributed by atoms with Crippen LogP contribution < -0.4 is 10.6 Å². The number of nitrogens with one attached hydrogen (secondary N) is 2. The van der Waals surface area contributed by atoms with Crippen molar-refractivity contribution in [3.63, 3.8) is 0 Å². The summed E-state index contributed by atoms with van der Waals surface area (Å²) in [6.45, 7) is 3.89. The van der Waals surface area contributed by atoms with E-state index in [0.29, 0.717) is 22.0 Å². The van der Waals surface area contributed by atoms with E-state index in [1.54, 1.807) is 24.3 Å². The van der Waals surface area contributed by atoms with Crippen molar-refractivity contribution in [1.82, 2.24) is 4.98 Å². The molecule has 2 N–H and O–H groups in total. The summed E-state index contributed by atoms with van der Waals surface area (Å²) in [7, 11) is 0. The summed E-state index contributed by atoms with van der Waals surface area (Å²) in [5.74, 6) is -0.716. The first-order valence-electron chi connectivity index (χ1n) is 8.90. The summed E-state index contributed by atoms with van der Waals surface area (Å²) in [4.78, 5) is 29.1. The minimum absolute atomic E-state index is 0.162. The fourth-order valence-corrected chi connectivity index (χ4v) is 2.83. The second kappa shape index (κ2) is 8.67. The van der Waals surface area contributed by atoms with E-state index in [2.05, 4.69) is 22.5 Å². The van der Waals surface area contributed by atoms with Crippen molar-refractivity contribution < 1.29 is 9.59 Å². The lowest BCUT2D eigenvalue weighted by atomic mass is 10.1. The number of rotatable bonds is 5. The van der Waals surface area contributed by atoms with E-state index >= 15 is 0 Å². The summed E-state index contributed by atoms with van der Waals surface area (Å²) < 4.78 is 0. The normalized spacial score (nSPS) is 10.4. The Morgan fingerprint density at radius 3 is 2.46 bits per heavy atom. The maximum atomic E-state index is 12.6. The van der Waals surface area contributed by atoms with E-state index in [-0.39, 0.29) is 17.5 Å². The van der Waals surface area contributed by atoms with Gasteiger partial charge in [0.05, 0.1) is 0 Å². The summed E-state index contributed by atoms with van der Waals surface area (Å²) >= 11 is 6.09. The van der Waals surface area contributed by atoms with Crippen molar-refractivity contribution in [1.29, 1.82) is 0 Å². The summed E-state index contributed by atoms with van der Waals surface area (Å²) in [5.41, 5.74) is 3.76. The number of carbonyl (C=O) groups is 2. The zero-order chi connectivity index (χ0) is 20.1. The molecule has 0 unspecified atom stereocenters. The molecule has 2 aromatic carbocycles. The number of hydrogen-bond acceptors (Lipinski definition) is 3. The molecule has 0 aliphatic rings. The molecule has 0 aliphatic carbocycles. The van der Waals surface area contributed by atoms with Crippen LogP contribution in [0.25, 0.3) is 0 Å². The standard InChI is InChI=1S/C22H20ClN3O2/c1-3-15-7-9-17(10-8-15)25-22(28)20-13-16(11-12-24-20)21(27)26-19-6-4-5-18(23)14(19)2/h4-13H,3H2,1-2H3,(H,25,28)(H,26,27). The summed E-state index contributed by atoms with van der Waals surface area (Å²) in [6.07, 6.45) is 2.37. The number of pyridine rings is 1. The van der Waals surface area contributed by atoms with Crippen molar-refractivity contribution in [2.75, 3.05) is 10.6 Å². The van der Waals surface area contributed by atoms with E-state index in [4.69, 9.17) is 11.6 Å². The Morgan fingerprint density at radius 2 is 1.75 bits per heavy atom. The highest BCUT2D eigenvalue weighted by Crippen LogP contribution is 2.23. The third-order valence-electron chi connectivity index (χ3n) is 4.39. The molecule has 0 spiro atoms. The Kier molecular flexibility index (Phi) is 6.06. The predicted molar refractivity (Wildman–Crippen MR) is 112 cm³/mol. The minimum atomic E-state index is -0.377. The van der Waals surface area contributed by atoms with Crippen LogP contribution in [-0.4, -0.2) is 16.8 Å². The number of amides is 2. The second-order valence-electron chi connectivity index (χ2n) is 6.30. The van der Waals surface area contributed by atoms with Crippen LogP contribution in [0, 0.1) is 6.92 Å². The monoisotopic (exact) mass is 393 g/mol. The number of anilines is 2. The zero-order valence-corrected chi connectivity index (χ0v) is 16.4. The van der Waals surface area contributed by atoms with Gasteiger partial charge in [-0.3, -0.25) is 14.6 Å². The Morgan fingerprint density at radius 1 is 1.00 bits per heavy atom. The maximum absolute atomic E-state index is 12.6. The first-order chi connectivity index (χ1) is 13.5. The molecule has 6 heteroatoms. The number of nitrogens with zero attached hydrogens (tertiary/aromatic N) is 1. The van der Waals surface area contributed by atoms with Gasteiger partial charge in [-0.2, -0.15) is 0 Å². The third kappa shape index (κ3) is 4.56. The molecule has 0 fully saturated rings. The summed E-state index contributed by atoms with van der Waals surface area (Å²) in [6, 6.07) is 15.9. The quantitative estimate of drug-likeness (QED) is 0.632. The highest BCUT2D eigenvalue weighted by atomic mass is 35.5. The molecule has 1 aromatic heterocycles. The molecule has 0 aliphatic heterocycles. The fraction of sp³-hybridized carbons (Fsp3) is 0.136. The topological polar surface area (TPSA) is 71.1 Å². The van der Waals surface area contributed by atoms with Gasteiger partial charge in [-0.1, -0.05) is 36.7 Å². The van der Waals surface area contributed by atoms with Crippen molar-refractivity contribution >= 4 is 34.8 Å². The Balaban J connectivity index is 1.74. The molecule has 0 saturated carbocycles. The average Bonchev–Trinajstić information content (AvgIpc) is 2.72. The molecule has 142 valence electrons. The van der Waals surface area contributed by atoms with Crippen molar-refractivity contribution in [3.05, 3.63) is 88.2 Å². The SMILES string of the molecule is CCc1ccc(NC(=O)c2cc(C(=O)Nc3cccc(Cl)c3C)ccn2)cc1. The first kappa shape index (κ1) is 19.6. The Labute approximate surface area is 168 Å². The number of halogens is 1. The number of aryl methyl sites for hydroxylation is 1. The van der Waals surface area contributed by atoms with Crippen LogP contribution in [0.5, 0.6) is 0 Å². The van der Waals surface area contributed by atoms with Crippen LogP contribution in [0.2, 0.25) is 5.02 Å². The van der Waals surface area contributed by atoms with Crippen molar-refractivity contribution in [2.45, 2.75) is 20.3 Å². The van der Waals surface area contributed by atoms with Crippen LogP contribution in [0.1, 0.15) is 38.9 Å². The van der Waals surface area contributed by atoms with E-state index in [0.717, 1.165) is 12.0 Å². The van der Waals surface area contributed by atoms with Gasteiger partial charge in [0, 0.05) is 28.2 Å². The Hall–Kier alpha value is -3.18. The minimum Gasteiger partial charge on any atom is -0.322 e. The molecule has 3 aromatic rings. The largest absolute Gasteiger partial charge is 0.322 e. The van der Waals surface area contributed by atoms with E-state index in [1.807, 2.05) is 31.2 Å². The van der Waals surface area contributed by atoms with Gasteiger partial charge < -0.3 is 10.6 Å². The Bertz CT molecular complexity index is 1020. The lowest BCUT2D eigenvalue weighted by Crippen LogP contribution is -2.17. The first-order valence-corrected chi connectivity index (χ1v) is 9.28. The molecule has 5 nitrogen and oxygen atoms in total. The van der Waals surface area contributed by atoms with Gasteiger partial charge in [0.25, 0.3) is 11.8 Å². The fourth-order valence-electron chi connectivity index (χ4n) is 2.65. The molecular weight excluding hydrogens is 374 g/mol. The van der Waals surface area contributed by atoms with Gasteiger partial charge in [0.1, 0.15) is 5.69 Å². The van der Waals surface area contributed by atoms with E-state index in [1.165, 1.54) is 17.8 Å². The van der Waals surface area contributed by atoms with Crippen LogP contribution >= 0.6 is 11.6 Å². The summed E-state index contributed by atoms with van der Waals surface area (Å²) in [5, 5.41) is 6.18. The van der Waals surface area contributed by atoms with Crippen LogP contribution in [0.4, 0.5) is 11.4 Å². The number of carbonyl (C=O) groups excluding carboxylic acids is 2. The zero-order valence-electron chi connectivity index (χ0n) is 15.6. The van der Waals surface area contributed by atoms with Crippen LogP contribution in [-0.2, 0) is 6.42 Å². The molecule has 3 rings (SSSR count). The van der Waals surface area contributed by atoms with Gasteiger partial charge >= 0.3 is 0 Å². The number of hydrogen-bond donors (Lipinski definition) is 2. The van der Waals surface area contributed by atoms with Crippen LogP contribution in [0.3, 0.4) is 0 Å². The molecule has 0 atom stereocenters. The smallest absolute Gasteiger partial charge is 0.274 e. The molecular formula is C22H20ClN3O2. The second-order valence-corrected chi connectivity index (χ2v) is 6.71. The van der Waals surface area contributed by atoms with E-state index < -0.39 is 0 Å². The lowest BCUT2D eigenvalue weighted by Gasteiger charge is -2.10. The lowest BCUT2D eigenvalue weighted by molar-refractivity contribution is 0.102. The highest BCUT2D eigenvalue weighted by Gasteiger charge is 2.13. The molecule has 0 saturated heterocycles. The molecule has 1 heterocycles. The van der Waals surface area contributed by atoms with Gasteiger partial charge in [-0.05, 0) is 60.9 Å². The number of benzene rings is 2. The molecule has 0 radical (unpaired) electrons. The van der Waals surface area contributed by atoms with Gasteiger partial charge in [0.15, 0.2) is 0 Å². The van der Waals surface area contributed by atoms with Crippen molar-refractivity contribution in [2.24, 2.45) is 0 Å². The van der Waals surface area contributed by atoms with Gasteiger partial charge in [-0.25, -0.2) is 0 Å². The third-order valence-corrected chi connectivity index (χ3v) is 4.80. The molecule has 28 heavy (non-hydrogen) atoms. The maximum Gasteiger partial charge on any atom is 0.274 e. The van der Waals surface area contributed by atoms with E-state index in [9.17, 15) is 9.59 Å². The molecule has 0 bridgehead atoms. The molecule has 2 amide bonds. The number of aromatic nitrogens is 1. The van der Waals surface area contributed by atoms with Gasteiger partial charge in [0.2, 0.25) is 0 Å². The van der Waals surface area contributed by atoms with Gasteiger partial charge in [-0.15, -0.1) is 0 Å².